The van der Waals surface area contributed by atoms with Crippen molar-refractivity contribution in [3.05, 3.63) is 23.5 Å². The zero-order chi connectivity index (χ0) is 12.3. The predicted octanol–water partition coefficient (Wildman–Crippen LogP) is 2.14. The van der Waals surface area contributed by atoms with Crippen LogP contribution in [0.2, 0.25) is 0 Å². The number of benzene rings is 1. The minimum absolute atomic E-state index is 0.0500. The number of halogens is 3. The Kier molecular flexibility index (Phi) is 4.00. The smallest absolute Gasteiger partial charge is 0.268 e. The Labute approximate surface area is 90.4 Å². The maximum atomic E-state index is 13.3. The van der Waals surface area contributed by atoms with E-state index in [1.54, 1.807) is 0 Å². The first-order chi connectivity index (χ1) is 7.52. The molecule has 0 amide bonds. The van der Waals surface area contributed by atoms with Crippen molar-refractivity contribution >= 4 is 0 Å². The number of methoxy groups -OCH3 is 2. The Hall–Kier alpha value is -1.43. The highest BCUT2D eigenvalue weighted by Gasteiger charge is 2.28. The predicted molar refractivity (Wildman–Crippen MR) is 50.5 cm³/mol. The number of hydrogen-bond donors (Lipinski definition) is 1. The van der Waals surface area contributed by atoms with Crippen molar-refractivity contribution in [2.24, 2.45) is 0 Å². The summed E-state index contributed by atoms with van der Waals surface area (Å²) in [6.45, 7) is 0. The minimum atomic E-state index is -3.05. The average Bonchev–Trinajstić information content (AvgIpc) is 2.27. The Morgan fingerprint density at radius 1 is 1.19 bits per heavy atom. The molecule has 1 unspecified atom stereocenters. The van der Waals surface area contributed by atoms with Crippen molar-refractivity contribution in [1.82, 2.24) is 0 Å². The zero-order valence-electron chi connectivity index (χ0n) is 8.71. The van der Waals surface area contributed by atoms with Gasteiger partial charge in [0, 0.05) is 0 Å². The molecular weight excluding hydrogens is 225 g/mol. The normalized spacial score (nSPS) is 12.7. The quantitative estimate of drug-likeness (QED) is 0.870. The van der Waals surface area contributed by atoms with Crippen LogP contribution in [0.15, 0.2) is 12.1 Å². The minimum Gasteiger partial charge on any atom is -0.496 e. The molecule has 1 aromatic rings. The van der Waals surface area contributed by atoms with Gasteiger partial charge in [0.25, 0.3) is 6.43 Å². The molecule has 1 N–H and O–H groups in total. The molecule has 0 heterocycles. The molecule has 16 heavy (non-hydrogen) atoms. The summed E-state index contributed by atoms with van der Waals surface area (Å²) in [5, 5.41) is 9.27. The van der Waals surface area contributed by atoms with E-state index >= 15 is 0 Å². The topological polar surface area (TPSA) is 38.7 Å². The van der Waals surface area contributed by atoms with Crippen LogP contribution in [0.5, 0.6) is 11.5 Å². The van der Waals surface area contributed by atoms with Gasteiger partial charge < -0.3 is 14.6 Å². The first-order valence-corrected chi connectivity index (χ1v) is 4.39. The summed E-state index contributed by atoms with van der Waals surface area (Å²) in [6, 6.07) is 2.16. The van der Waals surface area contributed by atoms with Crippen LogP contribution in [0, 0.1) is 5.82 Å². The Balaban J connectivity index is 3.36. The molecule has 0 bridgehead atoms. The van der Waals surface area contributed by atoms with Crippen LogP contribution in [-0.4, -0.2) is 25.8 Å². The van der Waals surface area contributed by atoms with Crippen LogP contribution in [-0.2, 0) is 0 Å². The van der Waals surface area contributed by atoms with Crippen molar-refractivity contribution in [3.63, 3.8) is 0 Å². The highest BCUT2D eigenvalue weighted by atomic mass is 19.3. The zero-order valence-corrected chi connectivity index (χ0v) is 8.71. The number of aliphatic hydroxyl groups is 1. The van der Waals surface area contributed by atoms with Gasteiger partial charge in [0.15, 0.2) is 11.6 Å². The van der Waals surface area contributed by atoms with Gasteiger partial charge in [0.05, 0.1) is 19.8 Å². The second-order valence-electron chi connectivity index (χ2n) is 2.98. The standard InChI is InChI=1S/C10H11F3O3/c1-15-6-4-3-5(11)9(16-2)7(6)8(14)10(12)13/h3-4,8,10,14H,1-2H3. The van der Waals surface area contributed by atoms with Crippen LogP contribution in [0.4, 0.5) is 13.2 Å². The number of hydrogen-bond acceptors (Lipinski definition) is 3. The SMILES string of the molecule is COc1ccc(F)c(OC)c1C(O)C(F)F. The molecule has 0 aliphatic heterocycles. The van der Waals surface area contributed by atoms with Crippen molar-refractivity contribution in [2.75, 3.05) is 14.2 Å². The molecule has 1 atom stereocenters. The fourth-order valence-electron chi connectivity index (χ4n) is 1.35. The lowest BCUT2D eigenvalue weighted by atomic mass is 10.1. The van der Waals surface area contributed by atoms with E-state index in [-0.39, 0.29) is 11.3 Å². The summed E-state index contributed by atoms with van der Waals surface area (Å²) in [7, 11) is 2.36. The summed E-state index contributed by atoms with van der Waals surface area (Å²) in [6.07, 6.45) is -5.20. The summed E-state index contributed by atoms with van der Waals surface area (Å²) >= 11 is 0. The van der Waals surface area contributed by atoms with Gasteiger partial charge in [0.2, 0.25) is 0 Å². The highest BCUT2D eigenvalue weighted by Crippen LogP contribution is 2.38. The van der Waals surface area contributed by atoms with E-state index in [2.05, 4.69) is 4.74 Å². The number of alkyl halides is 2. The third kappa shape index (κ3) is 2.21. The average molecular weight is 236 g/mol. The van der Waals surface area contributed by atoms with Gasteiger partial charge in [-0.3, -0.25) is 0 Å². The molecule has 0 radical (unpaired) electrons. The van der Waals surface area contributed by atoms with E-state index in [0.717, 1.165) is 19.2 Å². The largest absolute Gasteiger partial charge is 0.496 e. The molecule has 3 nitrogen and oxygen atoms in total. The first kappa shape index (κ1) is 12.6. The molecule has 1 rings (SSSR count). The van der Waals surface area contributed by atoms with Gasteiger partial charge >= 0.3 is 0 Å². The molecule has 0 aliphatic carbocycles. The Bertz CT molecular complexity index is 369. The summed E-state index contributed by atoms with van der Waals surface area (Å²) in [4.78, 5) is 0. The van der Waals surface area contributed by atoms with Gasteiger partial charge in [-0.2, -0.15) is 0 Å². The van der Waals surface area contributed by atoms with Gasteiger partial charge in [-0.1, -0.05) is 0 Å². The van der Waals surface area contributed by atoms with Gasteiger partial charge in [0.1, 0.15) is 11.9 Å². The van der Waals surface area contributed by atoms with Gasteiger partial charge in [-0.25, -0.2) is 13.2 Å². The molecule has 0 saturated heterocycles. The second kappa shape index (κ2) is 5.07. The van der Waals surface area contributed by atoms with Gasteiger partial charge in [-0.05, 0) is 12.1 Å². The van der Waals surface area contributed by atoms with Crippen LogP contribution < -0.4 is 9.47 Å². The van der Waals surface area contributed by atoms with Crippen LogP contribution >= 0.6 is 0 Å². The third-order valence-electron chi connectivity index (χ3n) is 2.07. The van der Waals surface area contributed by atoms with E-state index in [0.29, 0.717) is 0 Å². The maximum absolute atomic E-state index is 13.3. The van der Waals surface area contributed by atoms with Gasteiger partial charge in [-0.15, -0.1) is 0 Å². The molecule has 0 aliphatic rings. The Morgan fingerprint density at radius 3 is 2.25 bits per heavy atom. The van der Waals surface area contributed by atoms with E-state index < -0.39 is 24.1 Å². The fraction of sp³-hybridized carbons (Fsp3) is 0.400. The summed E-state index contributed by atoms with van der Waals surface area (Å²) < 4.78 is 47.5. The second-order valence-corrected chi connectivity index (χ2v) is 2.98. The number of aliphatic hydroxyl groups excluding tert-OH is 1. The first-order valence-electron chi connectivity index (χ1n) is 4.39. The molecule has 0 spiro atoms. The van der Waals surface area contributed by atoms with Crippen molar-refractivity contribution in [1.29, 1.82) is 0 Å². The van der Waals surface area contributed by atoms with Crippen LogP contribution in [0.25, 0.3) is 0 Å². The molecule has 0 aromatic heterocycles. The van der Waals surface area contributed by atoms with E-state index in [1.807, 2.05) is 0 Å². The Morgan fingerprint density at radius 2 is 1.81 bits per heavy atom. The lowest BCUT2D eigenvalue weighted by Gasteiger charge is -2.17. The monoisotopic (exact) mass is 236 g/mol. The van der Waals surface area contributed by atoms with E-state index in [9.17, 15) is 18.3 Å². The summed E-state index contributed by atoms with van der Waals surface area (Å²) in [5.41, 5.74) is -0.389. The maximum Gasteiger partial charge on any atom is 0.268 e. The number of rotatable bonds is 4. The van der Waals surface area contributed by atoms with Crippen LogP contribution in [0.1, 0.15) is 11.7 Å². The summed E-state index contributed by atoms with van der Waals surface area (Å²) in [5.74, 6) is -1.32. The van der Waals surface area contributed by atoms with Crippen molar-refractivity contribution in [2.45, 2.75) is 12.5 Å². The highest BCUT2D eigenvalue weighted by molar-refractivity contribution is 5.47. The lowest BCUT2D eigenvalue weighted by molar-refractivity contribution is -0.00849. The molecule has 1 aromatic carbocycles. The van der Waals surface area contributed by atoms with Crippen LogP contribution in [0.3, 0.4) is 0 Å². The molecule has 0 saturated carbocycles. The number of ether oxygens (including phenoxy) is 2. The molecule has 6 heteroatoms. The molecule has 90 valence electrons. The molecule has 0 fully saturated rings. The lowest BCUT2D eigenvalue weighted by Crippen LogP contribution is -2.12. The van der Waals surface area contributed by atoms with E-state index in [1.165, 1.54) is 7.11 Å². The fourth-order valence-corrected chi connectivity index (χ4v) is 1.35. The van der Waals surface area contributed by atoms with Crippen molar-refractivity contribution in [3.8, 4) is 11.5 Å². The molecular formula is C10H11F3O3. The third-order valence-corrected chi connectivity index (χ3v) is 2.07. The van der Waals surface area contributed by atoms with E-state index in [4.69, 9.17) is 4.74 Å². The van der Waals surface area contributed by atoms with Crippen molar-refractivity contribution < 1.29 is 27.8 Å².